The third-order valence-corrected chi connectivity index (χ3v) is 2.87. The van der Waals surface area contributed by atoms with E-state index in [1.165, 1.54) is 25.7 Å². The van der Waals surface area contributed by atoms with Crippen LogP contribution in [0.3, 0.4) is 0 Å². The van der Waals surface area contributed by atoms with Crippen LogP contribution in [0.25, 0.3) is 0 Å². The van der Waals surface area contributed by atoms with E-state index in [4.69, 9.17) is 0 Å². The van der Waals surface area contributed by atoms with E-state index in [0.29, 0.717) is 5.25 Å². The van der Waals surface area contributed by atoms with Gasteiger partial charge in [0.25, 0.3) is 0 Å². The highest BCUT2D eigenvalue weighted by Crippen LogP contribution is 2.29. The minimum Gasteiger partial charge on any atom is -0.311 e. The average Bonchev–Trinajstić information content (AvgIpc) is 2.11. The van der Waals surface area contributed by atoms with Gasteiger partial charge in [-0.2, -0.15) is 12.6 Å². The van der Waals surface area contributed by atoms with Gasteiger partial charge in [0.2, 0.25) is 0 Å². The number of thiol groups is 1. The molecular formula is C7H13NS. The van der Waals surface area contributed by atoms with E-state index in [1.54, 1.807) is 0 Å². The van der Waals surface area contributed by atoms with Crippen LogP contribution < -0.4 is 5.32 Å². The Morgan fingerprint density at radius 1 is 1.11 bits per heavy atom. The number of hydrogen-bond acceptors (Lipinski definition) is 2. The lowest BCUT2D eigenvalue weighted by atomic mass is 10.1. The van der Waals surface area contributed by atoms with E-state index in [2.05, 4.69) is 17.9 Å². The van der Waals surface area contributed by atoms with Crippen LogP contribution in [0.4, 0.5) is 0 Å². The van der Waals surface area contributed by atoms with Crippen LogP contribution >= 0.6 is 12.6 Å². The second-order valence-corrected chi connectivity index (χ2v) is 3.99. The first-order chi connectivity index (χ1) is 4.34. The molecule has 0 amide bonds. The van der Waals surface area contributed by atoms with Gasteiger partial charge in [0.15, 0.2) is 0 Å². The van der Waals surface area contributed by atoms with Crippen molar-refractivity contribution in [3.05, 3.63) is 0 Å². The SMILES string of the molecule is S[C@H]1C[C@H]2CC[C@@H](C1)N2. The molecule has 0 aromatic heterocycles. The Hall–Kier alpha value is 0.310. The predicted octanol–water partition coefficient (Wildman–Crippen LogP) is 1.20. The molecule has 9 heavy (non-hydrogen) atoms. The molecule has 0 unspecified atom stereocenters. The minimum atomic E-state index is 0.684. The molecule has 0 radical (unpaired) electrons. The molecule has 0 aromatic rings. The van der Waals surface area contributed by atoms with Crippen LogP contribution in [0, 0.1) is 0 Å². The number of rotatable bonds is 0. The van der Waals surface area contributed by atoms with Crippen LogP contribution in [0.2, 0.25) is 0 Å². The number of piperidine rings is 1. The van der Waals surface area contributed by atoms with Crippen molar-refractivity contribution >= 4 is 12.6 Å². The highest BCUT2D eigenvalue weighted by atomic mass is 32.1. The zero-order valence-corrected chi connectivity index (χ0v) is 6.40. The normalized spacial score (nSPS) is 49.7. The van der Waals surface area contributed by atoms with Crippen molar-refractivity contribution in [2.24, 2.45) is 0 Å². The van der Waals surface area contributed by atoms with Crippen LogP contribution in [-0.4, -0.2) is 17.3 Å². The Balaban J connectivity index is 2.03. The molecule has 3 atom stereocenters. The zero-order valence-electron chi connectivity index (χ0n) is 5.51. The summed E-state index contributed by atoms with van der Waals surface area (Å²) in [5.41, 5.74) is 0. The van der Waals surface area contributed by atoms with E-state index in [-0.39, 0.29) is 0 Å². The molecule has 2 fully saturated rings. The molecular weight excluding hydrogens is 130 g/mol. The van der Waals surface area contributed by atoms with Gasteiger partial charge in [-0.25, -0.2) is 0 Å². The summed E-state index contributed by atoms with van der Waals surface area (Å²) in [4.78, 5) is 0. The van der Waals surface area contributed by atoms with Crippen LogP contribution in [0.15, 0.2) is 0 Å². The summed E-state index contributed by atoms with van der Waals surface area (Å²) >= 11 is 4.48. The smallest absolute Gasteiger partial charge is 0.00806 e. The van der Waals surface area contributed by atoms with Gasteiger partial charge in [0, 0.05) is 17.3 Å². The third-order valence-electron chi connectivity index (χ3n) is 2.45. The Kier molecular flexibility index (Phi) is 1.46. The quantitative estimate of drug-likeness (QED) is 0.486. The Bertz CT molecular complexity index is 103. The summed E-state index contributed by atoms with van der Waals surface area (Å²) in [5.74, 6) is 0. The first-order valence-electron chi connectivity index (χ1n) is 3.79. The maximum atomic E-state index is 4.48. The Morgan fingerprint density at radius 3 is 2.22 bits per heavy atom. The molecule has 2 saturated heterocycles. The first-order valence-corrected chi connectivity index (χ1v) is 4.30. The molecule has 0 spiro atoms. The van der Waals surface area contributed by atoms with E-state index >= 15 is 0 Å². The largest absolute Gasteiger partial charge is 0.311 e. The maximum absolute atomic E-state index is 4.48. The van der Waals surface area contributed by atoms with Gasteiger partial charge in [0.05, 0.1) is 0 Å². The molecule has 52 valence electrons. The fraction of sp³-hybridized carbons (Fsp3) is 1.00. The lowest BCUT2D eigenvalue weighted by molar-refractivity contribution is 0.416. The lowest BCUT2D eigenvalue weighted by Gasteiger charge is -2.25. The second-order valence-electron chi connectivity index (χ2n) is 3.26. The lowest BCUT2D eigenvalue weighted by Crippen LogP contribution is -2.38. The van der Waals surface area contributed by atoms with Crippen molar-refractivity contribution in [1.82, 2.24) is 5.32 Å². The van der Waals surface area contributed by atoms with Crippen molar-refractivity contribution in [3.8, 4) is 0 Å². The van der Waals surface area contributed by atoms with Gasteiger partial charge >= 0.3 is 0 Å². The number of hydrogen-bond donors (Lipinski definition) is 2. The van der Waals surface area contributed by atoms with Crippen molar-refractivity contribution in [1.29, 1.82) is 0 Å². The fourth-order valence-corrected chi connectivity index (χ4v) is 2.54. The van der Waals surface area contributed by atoms with Gasteiger partial charge < -0.3 is 5.32 Å². The molecule has 2 heteroatoms. The van der Waals surface area contributed by atoms with E-state index < -0.39 is 0 Å². The van der Waals surface area contributed by atoms with E-state index in [0.717, 1.165) is 12.1 Å². The standard InChI is InChI=1S/C7H13NS/c9-7-3-5-1-2-6(4-7)8-5/h5-9H,1-4H2/t5-,6+,7+. The van der Waals surface area contributed by atoms with E-state index in [9.17, 15) is 0 Å². The van der Waals surface area contributed by atoms with Crippen molar-refractivity contribution in [2.45, 2.75) is 43.0 Å². The minimum absolute atomic E-state index is 0.684. The molecule has 1 N–H and O–H groups in total. The van der Waals surface area contributed by atoms with Crippen LogP contribution in [-0.2, 0) is 0 Å². The van der Waals surface area contributed by atoms with Crippen LogP contribution in [0.5, 0.6) is 0 Å². The summed E-state index contributed by atoms with van der Waals surface area (Å²) in [6.07, 6.45) is 5.36. The van der Waals surface area contributed by atoms with Crippen molar-refractivity contribution in [2.75, 3.05) is 0 Å². The van der Waals surface area contributed by atoms with Gasteiger partial charge in [-0.3, -0.25) is 0 Å². The first kappa shape index (κ1) is 6.05. The number of fused-ring (bicyclic) bond motifs is 2. The average molecular weight is 143 g/mol. The molecule has 0 aliphatic carbocycles. The summed E-state index contributed by atoms with van der Waals surface area (Å²) in [5, 5.41) is 4.26. The molecule has 2 aliphatic heterocycles. The maximum Gasteiger partial charge on any atom is 0.00806 e. The summed E-state index contributed by atoms with van der Waals surface area (Å²) in [7, 11) is 0. The molecule has 0 saturated carbocycles. The molecule has 2 heterocycles. The Labute approximate surface area is 61.6 Å². The number of nitrogens with one attached hydrogen (secondary N) is 1. The molecule has 1 nitrogen and oxygen atoms in total. The highest BCUT2D eigenvalue weighted by molar-refractivity contribution is 7.80. The third kappa shape index (κ3) is 1.10. The van der Waals surface area contributed by atoms with Crippen LogP contribution in [0.1, 0.15) is 25.7 Å². The summed E-state index contributed by atoms with van der Waals surface area (Å²) in [6.45, 7) is 0. The van der Waals surface area contributed by atoms with Crippen molar-refractivity contribution in [3.63, 3.8) is 0 Å². The Morgan fingerprint density at radius 2 is 1.67 bits per heavy atom. The highest BCUT2D eigenvalue weighted by Gasteiger charge is 2.31. The summed E-state index contributed by atoms with van der Waals surface area (Å²) in [6, 6.07) is 1.62. The molecule has 2 rings (SSSR count). The molecule has 2 bridgehead atoms. The molecule has 2 aliphatic rings. The zero-order chi connectivity index (χ0) is 6.27. The molecule has 0 aromatic carbocycles. The van der Waals surface area contributed by atoms with Gasteiger partial charge in [0.1, 0.15) is 0 Å². The van der Waals surface area contributed by atoms with E-state index in [1.807, 2.05) is 0 Å². The monoisotopic (exact) mass is 143 g/mol. The van der Waals surface area contributed by atoms with Gasteiger partial charge in [-0.1, -0.05) is 0 Å². The predicted molar refractivity (Wildman–Crippen MR) is 42.0 cm³/mol. The van der Waals surface area contributed by atoms with Gasteiger partial charge in [-0.15, -0.1) is 0 Å². The van der Waals surface area contributed by atoms with Gasteiger partial charge in [-0.05, 0) is 25.7 Å². The summed E-state index contributed by atoms with van der Waals surface area (Å²) < 4.78 is 0. The van der Waals surface area contributed by atoms with Crippen molar-refractivity contribution < 1.29 is 0 Å². The second kappa shape index (κ2) is 2.17. The topological polar surface area (TPSA) is 12.0 Å². The fourth-order valence-electron chi connectivity index (χ4n) is 2.03.